The molecule has 0 saturated heterocycles. The highest BCUT2D eigenvalue weighted by Gasteiger charge is 2.21. The van der Waals surface area contributed by atoms with Crippen LogP contribution >= 0.6 is 0 Å². The first-order chi connectivity index (χ1) is 14.8. The molecule has 1 N–H and O–H groups in total. The number of rotatable bonds is 8. The van der Waals surface area contributed by atoms with Gasteiger partial charge in [0.25, 0.3) is 5.91 Å². The van der Waals surface area contributed by atoms with Crippen LogP contribution in [0.1, 0.15) is 39.4 Å². The Labute approximate surface area is 179 Å². The summed E-state index contributed by atoms with van der Waals surface area (Å²) in [6, 6.07) is 13.4. The molecule has 0 saturated carbocycles. The predicted octanol–water partition coefficient (Wildman–Crippen LogP) is 4.52. The van der Waals surface area contributed by atoms with E-state index in [1.807, 2.05) is 0 Å². The van der Waals surface area contributed by atoms with Crippen molar-refractivity contribution in [3.8, 4) is 0 Å². The number of carbonyl (C=O) groups excluding carboxylic acids is 2. The molecule has 1 heterocycles. The number of nitrogens with one attached hydrogen (secondary N) is 1. The zero-order valence-electron chi connectivity index (χ0n) is 17.5. The Morgan fingerprint density at radius 3 is 2.06 bits per heavy atom. The highest BCUT2D eigenvalue weighted by Crippen LogP contribution is 2.18. The van der Waals surface area contributed by atoms with Crippen LogP contribution in [0.5, 0.6) is 0 Å². The number of nitrogens with zero attached hydrogens (tertiary/aromatic N) is 1. The van der Waals surface area contributed by atoms with Crippen LogP contribution in [0.2, 0.25) is 0 Å². The SMILES string of the molecule is Cc1cc(C(=O)N(CCC(=O)NCc2ccc(F)cc2)Cc2ccc(F)cc2)c(C)o1. The molecule has 0 atom stereocenters. The van der Waals surface area contributed by atoms with Crippen molar-refractivity contribution < 1.29 is 22.8 Å². The Bertz CT molecular complexity index is 1040. The molecule has 7 heteroatoms. The molecule has 1 aromatic heterocycles. The topological polar surface area (TPSA) is 62.6 Å². The van der Waals surface area contributed by atoms with Crippen LogP contribution in [0.4, 0.5) is 8.78 Å². The molecule has 5 nitrogen and oxygen atoms in total. The maximum atomic E-state index is 13.2. The molecule has 0 unspecified atom stereocenters. The second kappa shape index (κ2) is 10.0. The quantitative estimate of drug-likeness (QED) is 0.576. The lowest BCUT2D eigenvalue weighted by molar-refractivity contribution is -0.121. The molecular weight excluding hydrogens is 402 g/mol. The second-order valence-corrected chi connectivity index (χ2v) is 7.33. The van der Waals surface area contributed by atoms with E-state index in [0.29, 0.717) is 17.1 Å². The fourth-order valence-electron chi connectivity index (χ4n) is 3.20. The molecule has 0 aliphatic carbocycles. The van der Waals surface area contributed by atoms with Gasteiger partial charge < -0.3 is 14.6 Å². The first-order valence-corrected chi connectivity index (χ1v) is 9.93. The summed E-state index contributed by atoms with van der Waals surface area (Å²) in [7, 11) is 0. The van der Waals surface area contributed by atoms with E-state index < -0.39 is 0 Å². The normalized spacial score (nSPS) is 10.7. The van der Waals surface area contributed by atoms with Gasteiger partial charge in [-0.15, -0.1) is 0 Å². The number of halogens is 2. The van der Waals surface area contributed by atoms with Gasteiger partial charge in [0.1, 0.15) is 23.2 Å². The zero-order valence-corrected chi connectivity index (χ0v) is 17.5. The number of hydrogen-bond donors (Lipinski definition) is 1. The molecule has 2 amide bonds. The van der Waals surface area contributed by atoms with Crippen molar-refractivity contribution in [1.82, 2.24) is 10.2 Å². The standard InChI is InChI=1S/C24H24F2N2O3/c1-16-13-22(17(2)31-16)24(30)28(15-19-5-9-21(26)10-6-19)12-11-23(29)27-14-18-3-7-20(25)8-4-18/h3-10,13H,11-12,14-15H2,1-2H3,(H,27,29). The van der Waals surface area contributed by atoms with Crippen LogP contribution in [0.15, 0.2) is 59.0 Å². The minimum Gasteiger partial charge on any atom is -0.466 e. The third-order valence-corrected chi connectivity index (χ3v) is 4.86. The van der Waals surface area contributed by atoms with Gasteiger partial charge in [0.15, 0.2) is 0 Å². The fraction of sp³-hybridized carbons (Fsp3) is 0.250. The van der Waals surface area contributed by atoms with Gasteiger partial charge in [-0.1, -0.05) is 24.3 Å². The van der Waals surface area contributed by atoms with E-state index in [4.69, 9.17) is 4.42 Å². The van der Waals surface area contributed by atoms with Crippen LogP contribution in [-0.4, -0.2) is 23.3 Å². The largest absolute Gasteiger partial charge is 0.466 e. The van der Waals surface area contributed by atoms with E-state index >= 15 is 0 Å². The van der Waals surface area contributed by atoms with Gasteiger partial charge in [0, 0.05) is 26.1 Å². The smallest absolute Gasteiger partial charge is 0.257 e. The van der Waals surface area contributed by atoms with E-state index in [1.54, 1.807) is 49.1 Å². The van der Waals surface area contributed by atoms with Gasteiger partial charge in [-0.3, -0.25) is 9.59 Å². The number of carbonyl (C=O) groups is 2. The molecule has 162 valence electrons. The van der Waals surface area contributed by atoms with Crippen LogP contribution in [0.3, 0.4) is 0 Å². The van der Waals surface area contributed by atoms with Crippen molar-refractivity contribution in [3.05, 3.63) is 94.4 Å². The number of hydrogen-bond acceptors (Lipinski definition) is 3. The van der Waals surface area contributed by atoms with Gasteiger partial charge >= 0.3 is 0 Å². The number of amides is 2. The molecule has 31 heavy (non-hydrogen) atoms. The molecule has 0 aliphatic rings. The maximum absolute atomic E-state index is 13.2. The van der Waals surface area contributed by atoms with Gasteiger partial charge in [-0.05, 0) is 55.3 Å². The molecular formula is C24H24F2N2O3. The van der Waals surface area contributed by atoms with Crippen LogP contribution in [-0.2, 0) is 17.9 Å². The van der Waals surface area contributed by atoms with Crippen molar-refractivity contribution in [2.75, 3.05) is 6.54 Å². The highest BCUT2D eigenvalue weighted by atomic mass is 19.1. The average molecular weight is 426 g/mol. The lowest BCUT2D eigenvalue weighted by atomic mass is 10.1. The van der Waals surface area contributed by atoms with Crippen LogP contribution in [0, 0.1) is 25.5 Å². The van der Waals surface area contributed by atoms with Crippen LogP contribution < -0.4 is 5.32 Å². The summed E-state index contributed by atoms with van der Waals surface area (Å²) >= 11 is 0. The van der Waals surface area contributed by atoms with Gasteiger partial charge in [-0.2, -0.15) is 0 Å². The Morgan fingerprint density at radius 1 is 0.935 bits per heavy atom. The summed E-state index contributed by atoms with van der Waals surface area (Å²) in [4.78, 5) is 27.0. The molecule has 0 aliphatic heterocycles. The Morgan fingerprint density at radius 2 is 1.52 bits per heavy atom. The Balaban J connectivity index is 1.66. The molecule has 0 radical (unpaired) electrons. The lowest BCUT2D eigenvalue weighted by Gasteiger charge is -2.22. The Hall–Kier alpha value is -3.48. The number of aryl methyl sites for hydroxylation is 2. The van der Waals surface area contributed by atoms with Crippen molar-refractivity contribution in [1.29, 1.82) is 0 Å². The van der Waals surface area contributed by atoms with E-state index in [9.17, 15) is 18.4 Å². The van der Waals surface area contributed by atoms with Crippen molar-refractivity contribution >= 4 is 11.8 Å². The summed E-state index contributed by atoms with van der Waals surface area (Å²) in [5, 5.41) is 2.77. The van der Waals surface area contributed by atoms with Crippen molar-refractivity contribution in [2.45, 2.75) is 33.4 Å². The summed E-state index contributed by atoms with van der Waals surface area (Å²) in [5.41, 5.74) is 1.96. The third kappa shape index (κ3) is 6.25. The lowest BCUT2D eigenvalue weighted by Crippen LogP contribution is -2.35. The minimum atomic E-state index is -0.358. The van der Waals surface area contributed by atoms with E-state index in [-0.39, 0.29) is 49.5 Å². The highest BCUT2D eigenvalue weighted by molar-refractivity contribution is 5.95. The van der Waals surface area contributed by atoms with E-state index in [1.165, 1.54) is 24.3 Å². The van der Waals surface area contributed by atoms with E-state index in [0.717, 1.165) is 11.1 Å². The monoisotopic (exact) mass is 426 g/mol. The van der Waals surface area contributed by atoms with Crippen LogP contribution in [0.25, 0.3) is 0 Å². The van der Waals surface area contributed by atoms with Crippen molar-refractivity contribution in [3.63, 3.8) is 0 Å². The van der Waals surface area contributed by atoms with E-state index in [2.05, 4.69) is 5.32 Å². The predicted molar refractivity (Wildman–Crippen MR) is 112 cm³/mol. The van der Waals surface area contributed by atoms with Gasteiger partial charge in [-0.25, -0.2) is 8.78 Å². The molecule has 0 spiro atoms. The van der Waals surface area contributed by atoms with Crippen molar-refractivity contribution in [2.24, 2.45) is 0 Å². The number of benzene rings is 2. The first-order valence-electron chi connectivity index (χ1n) is 9.93. The maximum Gasteiger partial charge on any atom is 0.257 e. The summed E-state index contributed by atoms with van der Waals surface area (Å²) in [6.45, 7) is 4.15. The molecule has 0 bridgehead atoms. The summed E-state index contributed by atoms with van der Waals surface area (Å²) in [5.74, 6) is -0.0590. The minimum absolute atomic E-state index is 0.0873. The number of furan rings is 1. The molecule has 0 fully saturated rings. The second-order valence-electron chi connectivity index (χ2n) is 7.33. The zero-order chi connectivity index (χ0) is 22.4. The van der Waals surface area contributed by atoms with Gasteiger partial charge in [0.05, 0.1) is 5.56 Å². The van der Waals surface area contributed by atoms with Gasteiger partial charge in [0.2, 0.25) is 5.91 Å². The molecule has 3 rings (SSSR count). The first kappa shape index (κ1) is 22.2. The third-order valence-electron chi connectivity index (χ3n) is 4.86. The molecule has 2 aromatic carbocycles. The summed E-state index contributed by atoms with van der Waals surface area (Å²) < 4.78 is 31.7. The Kier molecular flexibility index (Phi) is 7.18. The molecule has 3 aromatic rings. The average Bonchev–Trinajstić information content (AvgIpc) is 3.09. The summed E-state index contributed by atoms with van der Waals surface area (Å²) in [6.07, 6.45) is 0.0873. The fourth-order valence-corrected chi connectivity index (χ4v) is 3.20.